The van der Waals surface area contributed by atoms with Crippen LogP contribution in [0.2, 0.25) is 0 Å². The van der Waals surface area contributed by atoms with E-state index in [0.29, 0.717) is 17.0 Å². The number of hydrogen-bond acceptors (Lipinski definition) is 5. The molecular weight excluding hydrogens is 346 g/mol. The van der Waals surface area contributed by atoms with Crippen LogP contribution < -0.4 is 5.32 Å². The fraction of sp³-hybridized carbons (Fsp3) is 0.579. The van der Waals surface area contributed by atoms with E-state index in [-0.39, 0.29) is 17.2 Å². The number of rotatable bonds is 5. The highest BCUT2D eigenvalue weighted by molar-refractivity contribution is 8.00. The maximum absolute atomic E-state index is 12.7. The first kappa shape index (κ1) is 18.9. The van der Waals surface area contributed by atoms with Crippen molar-refractivity contribution in [1.29, 1.82) is 0 Å². The molecule has 1 saturated carbocycles. The molecule has 6 nitrogen and oxygen atoms in total. The van der Waals surface area contributed by atoms with Crippen LogP contribution in [0, 0.1) is 18.8 Å². The molecule has 1 aliphatic carbocycles. The minimum Gasteiger partial charge on any atom is -0.352 e. The zero-order valence-corrected chi connectivity index (χ0v) is 16.7. The Balaban J connectivity index is 1.65. The van der Waals surface area contributed by atoms with Crippen LogP contribution in [0.4, 0.5) is 0 Å². The van der Waals surface area contributed by atoms with E-state index in [9.17, 15) is 4.79 Å². The molecule has 1 aromatic carbocycles. The Kier molecular flexibility index (Phi) is 5.96. The second-order valence-corrected chi connectivity index (χ2v) is 8.66. The molecule has 1 aliphatic rings. The minimum atomic E-state index is -0.255. The van der Waals surface area contributed by atoms with Gasteiger partial charge in [0.05, 0.1) is 10.9 Å². The first-order chi connectivity index (χ1) is 12.5. The lowest BCUT2D eigenvalue weighted by molar-refractivity contribution is -0.121. The Morgan fingerprint density at radius 2 is 2.00 bits per heavy atom. The van der Waals surface area contributed by atoms with E-state index in [2.05, 4.69) is 34.7 Å². The van der Waals surface area contributed by atoms with E-state index >= 15 is 0 Å². The number of aryl methyl sites for hydroxylation is 1. The van der Waals surface area contributed by atoms with Crippen LogP contribution in [0.3, 0.4) is 0 Å². The van der Waals surface area contributed by atoms with Crippen LogP contribution in [0.1, 0.15) is 45.6 Å². The molecule has 4 atom stereocenters. The Morgan fingerprint density at radius 3 is 2.73 bits per heavy atom. The van der Waals surface area contributed by atoms with Gasteiger partial charge in [-0.15, -0.1) is 5.10 Å². The van der Waals surface area contributed by atoms with Gasteiger partial charge in [0.2, 0.25) is 11.1 Å². The summed E-state index contributed by atoms with van der Waals surface area (Å²) in [6, 6.07) is 8.26. The Bertz CT molecular complexity index is 745. The first-order valence-electron chi connectivity index (χ1n) is 9.28. The number of amides is 1. The van der Waals surface area contributed by atoms with E-state index in [1.54, 1.807) is 4.68 Å². The second kappa shape index (κ2) is 8.20. The van der Waals surface area contributed by atoms with Crippen molar-refractivity contribution in [2.75, 3.05) is 0 Å². The molecule has 0 radical (unpaired) electrons. The van der Waals surface area contributed by atoms with Crippen molar-refractivity contribution in [3.05, 3.63) is 29.8 Å². The van der Waals surface area contributed by atoms with Crippen LogP contribution in [-0.2, 0) is 4.79 Å². The van der Waals surface area contributed by atoms with E-state index in [1.807, 2.05) is 38.1 Å². The van der Waals surface area contributed by atoms with Gasteiger partial charge in [-0.3, -0.25) is 4.79 Å². The normalized spacial score (nSPS) is 24.2. The molecule has 0 bridgehead atoms. The largest absolute Gasteiger partial charge is 0.352 e. The van der Waals surface area contributed by atoms with Crippen LogP contribution in [0.25, 0.3) is 5.69 Å². The summed E-state index contributed by atoms with van der Waals surface area (Å²) < 4.78 is 1.68. The maximum Gasteiger partial charge on any atom is 0.233 e. The summed E-state index contributed by atoms with van der Waals surface area (Å²) in [5.41, 5.74) is 2.07. The van der Waals surface area contributed by atoms with Crippen molar-refractivity contribution in [2.24, 2.45) is 11.8 Å². The van der Waals surface area contributed by atoms with Crippen LogP contribution >= 0.6 is 11.8 Å². The van der Waals surface area contributed by atoms with Crippen molar-refractivity contribution in [3.8, 4) is 5.69 Å². The zero-order valence-electron chi connectivity index (χ0n) is 15.8. The highest BCUT2D eigenvalue weighted by Crippen LogP contribution is 2.30. The fourth-order valence-electron chi connectivity index (χ4n) is 3.40. The van der Waals surface area contributed by atoms with Crippen molar-refractivity contribution in [2.45, 2.75) is 63.4 Å². The molecule has 140 valence electrons. The molecule has 1 heterocycles. The van der Waals surface area contributed by atoms with Gasteiger partial charge in [-0.1, -0.05) is 56.1 Å². The topological polar surface area (TPSA) is 72.7 Å². The standard InChI is InChI=1S/C19H27N5OS/c1-12-8-10-16(11-9-12)24-19(21-22-23-24)26-15(4)18(25)20-17-7-5-6-13(2)14(17)3/h8-11,13-15,17H,5-7H2,1-4H3,(H,20,25)/t13-,14-,15+,17-/m0/s1. The zero-order chi connectivity index (χ0) is 18.7. The predicted molar refractivity (Wildman–Crippen MR) is 103 cm³/mol. The van der Waals surface area contributed by atoms with Gasteiger partial charge in [0.15, 0.2) is 0 Å². The number of nitrogens with one attached hydrogen (secondary N) is 1. The molecule has 0 saturated heterocycles. The van der Waals surface area contributed by atoms with Gasteiger partial charge < -0.3 is 5.32 Å². The number of hydrogen-bond donors (Lipinski definition) is 1. The van der Waals surface area contributed by atoms with Crippen molar-refractivity contribution < 1.29 is 4.79 Å². The van der Waals surface area contributed by atoms with Gasteiger partial charge in [-0.25, -0.2) is 0 Å². The van der Waals surface area contributed by atoms with Crippen LogP contribution in [0.5, 0.6) is 0 Å². The molecule has 1 N–H and O–H groups in total. The maximum atomic E-state index is 12.7. The monoisotopic (exact) mass is 373 g/mol. The quantitative estimate of drug-likeness (QED) is 0.813. The number of benzene rings is 1. The van der Waals surface area contributed by atoms with Gasteiger partial charge in [0.1, 0.15) is 0 Å². The lowest BCUT2D eigenvalue weighted by Crippen LogP contribution is -2.46. The van der Waals surface area contributed by atoms with E-state index in [1.165, 1.54) is 30.2 Å². The lowest BCUT2D eigenvalue weighted by atomic mass is 9.78. The van der Waals surface area contributed by atoms with Gasteiger partial charge in [0.25, 0.3) is 0 Å². The number of carbonyl (C=O) groups is 1. The second-order valence-electron chi connectivity index (χ2n) is 7.35. The summed E-state index contributed by atoms with van der Waals surface area (Å²) in [6.45, 7) is 8.46. The number of carbonyl (C=O) groups excluding carboxylic acids is 1. The Hall–Kier alpha value is -1.89. The molecule has 26 heavy (non-hydrogen) atoms. The summed E-state index contributed by atoms with van der Waals surface area (Å²) in [7, 11) is 0. The third kappa shape index (κ3) is 4.26. The number of thioether (sulfide) groups is 1. The summed E-state index contributed by atoms with van der Waals surface area (Å²) in [6.07, 6.45) is 3.50. The van der Waals surface area contributed by atoms with Crippen molar-refractivity contribution >= 4 is 17.7 Å². The summed E-state index contributed by atoms with van der Waals surface area (Å²) in [4.78, 5) is 12.7. The lowest BCUT2D eigenvalue weighted by Gasteiger charge is -2.35. The number of tetrazole rings is 1. The van der Waals surface area contributed by atoms with Gasteiger partial charge in [-0.05, 0) is 54.7 Å². The van der Waals surface area contributed by atoms with Gasteiger partial charge >= 0.3 is 0 Å². The molecule has 1 fully saturated rings. The summed E-state index contributed by atoms with van der Waals surface area (Å²) >= 11 is 1.39. The first-order valence-corrected chi connectivity index (χ1v) is 10.2. The fourth-order valence-corrected chi connectivity index (χ4v) is 4.21. The van der Waals surface area contributed by atoms with E-state index in [4.69, 9.17) is 0 Å². The molecule has 3 rings (SSSR count). The Morgan fingerprint density at radius 1 is 1.27 bits per heavy atom. The summed E-state index contributed by atoms with van der Waals surface area (Å²) in [5, 5.41) is 15.6. The Labute approximate surface area is 159 Å². The number of aromatic nitrogens is 4. The molecule has 0 unspecified atom stereocenters. The molecule has 1 amide bonds. The third-order valence-electron chi connectivity index (χ3n) is 5.41. The molecule has 2 aromatic rings. The van der Waals surface area contributed by atoms with E-state index < -0.39 is 0 Å². The van der Waals surface area contributed by atoms with Gasteiger partial charge in [-0.2, -0.15) is 4.68 Å². The van der Waals surface area contributed by atoms with E-state index in [0.717, 1.165) is 12.1 Å². The van der Waals surface area contributed by atoms with Crippen LogP contribution in [0.15, 0.2) is 29.4 Å². The molecule has 7 heteroatoms. The van der Waals surface area contributed by atoms with Gasteiger partial charge in [0, 0.05) is 6.04 Å². The number of nitrogens with zero attached hydrogens (tertiary/aromatic N) is 4. The van der Waals surface area contributed by atoms with Crippen molar-refractivity contribution in [1.82, 2.24) is 25.5 Å². The van der Waals surface area contributed by atoms with Crippen LogP contribution in [-0.4, -0.2) is 37.4 Å². The smallest absolute Gasteiger partial charge is 0.233 e. The molecular formula is C19H27N5OS. The average Bonchev–Trinajstić information content (AvgIpc) is 3.07. The highest BCUT2D eigenvalue weighted by Gasteiger charge is 2.30. The SMILES string of the molecule is Cc1ccc(-n2nnnc2S[C@H](C)C(=O)N[C@H]2CCC[C@H](C)[C@@H]2C)cc1. The summed E-state index contributed by atoms with van der Waals surface area (Å²) in [5.74, 6) is 1.23. The van der Waals surface area contributed by atoms with Crippen molar-refractivity contribution in [3.63, 3.8) is 0 Å². The molecule has 1 aromatic heterocycles. The molecule has 0 aliphatic heterocycles. The minimum absolute atomic E-state index is 0.0550. The average molecular weight is 374 g/mol. The molecule has 0 spiro atoms. The third-order valence-corrected chi connectivity index (χ3v) is 6.44. The predicted octanol–water partition coefficient (Wildman–Crippen LogP) is 3.39. The highest BCUT2D eigenvalue weighted by atomic mass is 32.2.